The van der Waals surface area contributed by atoms with Gasteiger partial charge in [0.2, 0.25) is 5.91 Å². The Morgan fingerprint density at radius 1 is 1.50 bits per heavy atom. The Hall–Kier alpha value is -0.920. The number of rotatable bonds is 3. The number of carbonyl (C=O) groups excluding carboxylic acids is 1. The van der Waals surface area contributed by atoms with Crippen molar-refractivity contribution in [3.8, 4) is 0 Å². The predicted molar refractivity (Wildman–Crippen MR) is 82.6 cm³/mol. The Bertz CT molecular complexity index is 616. The average molecular weight is 361 g/mol. The van der Waals surface area contributed by atoms with Crippen molar-refractivity contribution in [2.24, 2.45) is 0 Å². The Morgan fingerprint density at radius 2 is 2.25 bits per heavy atom. The molecule has 0 radical (unpaired) electrons. The zero-order chi connectivity index (χ0) is 14.8. The van der Waals surface area contributed by atoms with Crippen LogP contribution < -0.4 is 10.6 Å². The molecule has 0 spiro atoms. The summed E-state index contributed by atoms with van der Waals surface area (Å²) in [7, 11) is -3.02. The molecule has 1 atom stereocenters. The lowest BCUT2D eigenvalue weighted by Gasteiger charge is -2.23. The van der Waals surface area contributed by atoms with E-state index in [4.69, 9.17) is 0 Å². The highest BCUT2D eigenvalue weighted by Gasteiger charge is 2.26. The molecule has 1 aromatic carbocycles. The normalized spacial score (nSPS) is 21.4. The quantitative estimate of drug-likeness (QED) is 0.855. The Morgan fingerprint density at radius 3 is 2.95 bits per heavy atom. The molecular formula is C13H17BrN2O3S. The van der Waals surface area contributed by atoms with E-state index in [0.717, 1.165) is 15.7 Å². The van der Waals surface area contributed by atoms with Crippen molar-refractivity contribution in [1.29, 1.82) is 0 Å². The van der Waals surface area contributed by atoms with Crippen molar-refractivity contribution in [1.82, 2.24) is 5.32 Å². The molecule has 0 aliphatic carbocycles. The second kappa shape index (κ2) is 6.24. The van der Waals surface area contributed by atoms with E-state index in [0.29, 0.717) is 6.54 Å². The molecule has 1 unspecified atom stereocenters. The van der Waals surface area contributed by atoms with Crippen molar-refractivity contribution in [3.63, 3.8) is 0 Å². The number of anilines is 1. The lowest BCUT2D eigenvalue weighted by atomic mass is 10.1. The van der Waals surface area contributed by atoms with Crippen molar-refractivity contribution < 1.29 is 13.2 Å². The third kappa shape index (κ3) is 4.29. The van der Waals surface area contributed by atoms with Gasteiger partial charge in [-0.25, -0.2) is 8.42 Å². The fourth-order valence-electron chi connectivity index (χ4n) is 2.15. The summed E-state index contributed by atoms with van der Waals surface area (Å²) in [5.41, 5.74) is 1.70. The molecule has 2 rings (SSSR count). The molecule has 1 aliphatic rings. The number of aryl methyl sites for hydroxylation is 1. The van der Waals surface area contributed by atoms with Gasteiger partial charge in [0.05, 0.1) is 11.5 Å². The zero-order valence-electron chi connectivity index (χ0n) is 11.1. The Kier molecular flexibility index (Phi) is 4.82. The van der Waals surface area contributed by atoms with Crippen LogP contribution in [0.2, 0.25) is 0 Å². The third-order valence-electron chi connectivity index (χ3n) is 3.21. The topological polar surface area (TPSA) is 75.3 Å². The molecule has 1 aliphatic heterocycles. The summed E-state index contributed by atoms with van der Waals surface area (Å²) in [4.78, 5) is 12.0. The number of hydrogen-bond donors (Lipinski definition) is 2. The van der Waals surface area contributed by atoms with Crippen LogP contribution in [0.3, 0.4) is 0 Å². The molecule has 1 aromatic rings. The highest BCUT2D eigenvalue weighted by Crippen LogP contribution is 2.21. The van der Waals surface area contributed by atoms with Crippen LogP contribution in [-0.2, 0) is 14.6 Å². The molecule has 2 N–H and O–H groups in total. The average Bonchev–Trinajstić information content (AvgIpc) is 2.32. The first-order valence-corrected chi connectivity index (χ1v) is 8.97. The lowest BCUT2D eigenvalue weighted by Crippen LogP contribution is -2.46. The zero-order valence-corrected chi connectivity index (χ0v) is 13.6. The van der Waals surface area contributed by atoms with E-state index < -0.39 is 9.84 Å². The van der Waals surface area contributed by atoms with Gasteiger partial charge in [-0.15, -0.1) is 0 Å². The maximum atomic E-state index is 12.0. The van der Waals surface area contributed by atoms with E-state index in [1.165, 1.54) is 0 Å². The summed E-state index contributed by atoms with van der Waals surface area (Å²) in [6.07, 6.45) is 0.158. The van der Waals surface area contributed by atoms with Gasteiger partial charge in [-0.1, -0.05) is 22.0 Å². The Labute approximate surface area is 127 Å². The first kappa shape index (κ1) is 15.5. The van der Waals surface area contributed by atoms with E-state index in [1.54, 1.807) is 0 Å². The number of halogens is 1. The van der Waals surface area contributed by atoms with Crippen LogP contribution in [0.15, 0.2) is 22.7 Å². The monoisotopic (exact) mass is 360 g/mol. The highest BCUT2D eigenvalue weighted by molar-refractivity contribution is 9.10. The number of carbonyl (C=O) groups is 1. The lowest BCUT2D eigenvalue weighted by molar-refractivity contribution is -0.116. The highest BCUT2D eigenvalue weighted by atomic mass is 79.9. The molecule has 1 fully saturated rings. The maximum absolute atomic E-state index is 12.0. The van der Waals surface area contributed by atoms with Crippen LogP contribution in [-0.4, -0.2) is 38.4 Å². The second-order valence-corrected chi connectivity index (χ2v) is 8.12. The van der Waals surface area contributed by atoms with Crippen LogP contribution >= 0.6 is 15.9 Å². The van der Waals surface area contributed by atoms with Crippen molar-refractivity contribution in [2.45, 2.75) is 19.4 Å². The van der Waals surface area contributed by atoms with Gasteiger partial charge in [-0.05, 0) is 24.6 Å². The largest absolute Gasteiger partial charge is 0.326 e. The fraction of sp³-hybridized carbons (Fsp3) is 0.462. The molecule has 0 saturated carbocycles. The maximum Gasteiger partial charge on any atom is 0.225 e. The smallest absolute Gasteiger partial charge is 0.225 e. The SMILES string of the molecule is Cc1ccc(Br)cc1NC(=O)CC1CS(=O)(=O)CCN1. The number of hydrogen-bond acceptors (Lipinski definition) is 4. The summed E-state index contributed by atoms with van der Waals surface area (Å²) < 4.78 is 23.9. The van der Waals surface area contributed by atoms with Crippen molar-refractivity contribution >= 4 is 37.4 Å². The number of sulfone groups is 1. The summed E-state index contributed by atoms with van der Waals surface area (Å²) in [5.74, 6) is -0.00546. The predicted octanol–water partition coefficient (Wildman–Crippen LogP) is 1.47. The van der Waals surface area contributed by atoms with E-state index in [1.807, 2.05) is 25.1 Å². The molecule has 0 aromatic heterocycles. The van der Waals surface area contributed by atoms with Gasteiger partial charge < -0.3 is 10.6 Å². The van der Waals surface area contributed by atoms with E-state index in [2.05, 4.69) is 26.6 Å². The van der Waals surface area contributed by atoms with Gasteiger partial charge in [-0.2, -0.15) is 0 Å². The summed E-state index contributed by atoms with van der Waals surface area (Å²) in [5, 5.41) is 5.89. The van der Waals surface area contributed by atoms with Crippen molar-refractivity contribution in [3.05, 3.63) is 28.2 Å². The molecule has 1 heterocycles. The summed E-state index contributed by atoms with van der Waals surface area (Å²) >= 11 is 3.36. The minimum atomic E-state index is -3.02. The standard InChI is InChI=1S/C13H17BrN2O3S/c1-9-2-3-10(14)6-12(9)16-13(17)7-11-8-20(18,19)5-4-15-11/h2-3,6,11,15H,4-5,7-8H2,1H3,(H,16,17). The van der Waals surface area contributed by atoms with Gasteiger partial charge in [0, 0.05) is 29.2 Å². The van der Waals surface area contributed by atoms with Crippen LogP contribution in [0.4, 0.5) is 5.69 Å². The number of nitrogens with one attached hydrogen (secondary N) is 2. The van der Waals surface area contributed by atoms with Crippen LogP contribution in [0.5, 0.6) is 0 Å². The van der Waals surface area contributed by atoms with E-state index >= 15 is 0 Å². The first-order valence-electron chi connectivity index (χ1n) is 6.35. The van der Waals surface area contributed by atoms with E-state index in [-0.39, 0.29) is 29.9 Å². The number of benzene rings is 1. The molecule has 20 heavy (non-hydrogen) atoms. The van der Waals surface area contributed by atoms with Gasteiger partial charge in [-0.3, -0.25) is 4.79 Å². The van der Waals surface area contributed by atoms with Crippen molar-refractivity contribution in [2.75, 3.05) is 23.4 Å². The summed E-state index contributed by atoms with van der Waals surface area (Å²) in [6.45, 7) is 2.32. The summed E-state index contributed by atoms with van der Waals surface area (Å²) in [6, 6.07) is 5.34. The molecule has 110 valence electrons. The second-order valence-electron chi connectivity index (χ2n) is 4.98. The van der Waals surface area contributed by atoms with Gasteiger partial charge in [0.1, 0.15) is 0 Å². The van der Waals surface area contributed by atoms with Gasteiger partial charge in [0.15, 0.2) is 9.84 Å². The first-order chi connectivity index (χ1) is 9.35. The number of amides is 1. The van der Waals surface area contributed by atoms with E-state index in [9.17, 15) is 13.2 Å². The van der Waals surface area contributed by atoms with Crippen LogP contribution in [0.1, 0.15) is 12.0 Å². The van der Waals surface area contributed by atoms with Gasteiger partial charge >= 0.3 is 0 Å². The third-order valence-corrected chi connectivity index (χ3v) is 5.44. The molecule has 7 heteroatoms. The molecule has 5 nitrogen and oxygen atoms in total. The minimum absolute atomic E-state index is 0.0257. The fourth-order valence-corrected chi connectivity index (χ4v) is 3.96. The molecular weight excluding hydrogens is 344 g/mol. The molecule has 1 amide bonds. The Balaban J connectivity index is 1.97. The molecule has 1 saturated heterocycles. The van der Waals surface area contributed by atoms with Gasteiger partial charge in [0.25, 0.3) is 0 Å². The van der Waals surface area contributed by atoms with Crippen LogP contribution in [0, 0.1) is 6.92 Å². The minimum Gasteiger partial charge on any atom is -0.326 e. The van der Waals surface area contributed by atoms with Crippen LogP contribution in [0.25, 0.3) is 0 Å². The molecule has 0 bridgehead atoms.